The van der Waals surface area contributed by atoms with Gasteiger partial charge < -0.3 is 60.6 Å². The van der Waals surface area contributed by atoms with Gasteiger partial charge in [-0.05, 0) is 6.07 Å². The van der Waals surface area contributed by atoms with Crippen molar-refractivity contribution in [2.75, 3.05) is 18.9 Å². The van der Waals surface area contributed by atoms with E-state index in [9.17, 15) is 59.6 Å². The van der Waals surface area contributed by atoms with E-state index in [1.54, 1.807) is 0 Å². The van der Waals surface area contributed by atoms with Crippen molar-refractivity contribution in [1.29, 1.82) is 0 Å². The van der Waals surface area contributed by atoms with E-state index in [1.165, 1.54) is 6.07 Å². The van der Waals surface area contributed by atoms with Crippen LogP contribution in [-0.4, -0.2) is 130 Å². The molecule has 1 aromatic rings. The van der Waals surface area contributed by atoms with E-state index in [2.05, 4.69) is 9.72 Å². The number of nitrogens with zero attached hydrogens (tertiary/aromatic N) is 2. The number of hydrogen-bond acceptors (Lipinski definition) is 17. The lowest BCUT2D eigenvalue weighted by Crippen LogP contribution is -2.63. The second-order valence-corrected chi connectivity index (χ2v) is 10.6. The second kappa shape index (κ2) is 12.7. The summed E-state index contributed by atoms with van der Waals surface area (Å²) in [5.41, 5.74) is 4.45. The summed E-state index contributed by atoms with van der Waals surface area (Å²) in [4.78, 5) is 48.8. The number of aliphatic hydroxyl groups is 6. The molecular weight excluding hydrogens is 585 g/mol. The van der Waals surface area contributed by atoms with Crippen LogP contribution in [0.25, 0.3) is 0 Å². The van der Waals surface area contributed by atoms with Crippen LogP contribution < -0.4 is 11.4 Å². The maximum Gasteiger partial charge on any atom is 0.475 e. The zero-order chi connectivity index (χ0) is 30.9. The number of esters is 1. The van der Waals surface area contributed by atoms with E-state index in [-0.39, 0.29) is 5.82 Å². The van der Waals surface area contributed by atoms with Gasteiger partial charge in [0.2, 0.25) is 0 Å². The van der Waals surface area contributed by atoms with Crippen LogP contribution in [0.1, 0.15) is 19.6 Å². The highest BCUT2D eigenvalue weighted by molar-refractivity contribution is 7.47. The van der Waals surface area contributed by atoms with Crippen molar-refractivity contribution in [3.05, 3.63) is 22.7 Å². The van der Waals surface area contributed by atoms with E-state index in [1.807, 2.05) is 0 Å². The number of ether oxygens (including phenoxy) is 3. The average molecular weight is 615 g/mol. The molecule has 20 nitrogen and oxygen atoms in total. The van der Waals surface area contributed by atoms with Crippen LogP contribution in [0, 0.1) is 0 Å². The summed E-state index contributed by atoms with van der Waals surface area (Å²) in [5.74, 6) is -6.34. The Morgan fingerprint density at radius 2 is 1.90 bits per heavy atom. The number of nitrogen functional groups attached to an aromatic ring is 1. The molecule has 21 heteroatoms. The normalized spacial score (nSPS) is 34.9. The van der Waals surface area contributed by atoms with E-state index < -0.39 is 106 Å². The van der Waals surface area contributed by atoms with Gasteiger partial charge in [0.15, 0.2) is 6.23 Å². The molecule has 10 N–H and O–H groups in total. The number of carboxylic acids is 1. The third kappa shape index (κ3) is 7.44. The van der Waals surface area contributed by atoms with Crippen molar-refractivity contribution in [2.24, 2.45) is 0 Å². The minimum atomic E-state index is -5.52. The largest absolute Gasteiger partial charge is 0.477 e. The maximum atomic E-state index is 12.7. The predicted octanol–water partition coefficient (Wildman–Crippen LogP) is -4.85. The number of hydrogen-bond donors (Lipinski definition) is 9. The van der Waals surface area contributed by atoms with Crippen LogP contribution in [-0.2, 0) is 37.4 Å². The third-order valence-electron chi connectivity index (χ3n) is 6.18. The Bertz CT molecular complexity index is 1220. The molecule has 2 aliphatic heterocycles. The molecule has 2 saturated heterocycles. The quantitative estimate of drug-likeness (QED) is 0.0832. The number of aliphatic hydroxyl groups excluding tert-OH is 6. The lowest BCUT2D eigenvalue weighted by molar-refractivity contribution is -0.307. The summed E-state index contributed by atoms with van der Waals surface area (Å²) in [6.07, 6.45) is -17.1. The number of carboxylic acid groups (broad SMARTS) is 1. The first-order valence-electron chi connectivity index (χ1n) is 11.8. The van der Waals surface area contributed by atoms with Crippen LogP contribution in [0.4, 0.5) is 5.82 Å². The average Bonchev–Trinajstić information content (AvgIpc) is 3.16. The van der Waals surface area contributed by atoms with Gasteiger partial charge in [0.05, 0.1) is 12.7 Å². The molecule has 232 valence electrons. The van der Waals surface area contributed by atoms with E-state index >= 15 is 0 Å². The minimum absolute atomic E-state index is 0.138. The number of carbonyl (C=O) groups is 2. The third-order valence-corrected chi connectivity index (χ3v) is 7.18. The molecule has 2 fully saturated rings. The standard InChI is InChI=1S/C20H30N3O17P/c1-7(24)36-5-9(26)13(28)16-12(27)8(25)4-20(39-16,18(31)32)40-41(34,35)37-6-10-14(29)15(30)17(38-10)23-3-2-11(21)22-19(23)33/h2-3,8-10,12-17,25-30H,4-6H2,1H3,(H,31,32)(H,34,35)(H2,21,22,33)/t8-,9+,10+,12+,13+,14+,15+,16+,17+,20+/m0/s1. The molecular formula is C20H30N3O17P. The van der Waals surface area contributed by atoms with Crippen molar-refractivity contribution >= 4 is 25.6 Å². The Morgan fingerprint density at radius 3 is 2.49 bits per heavy atom. The van der Waals surface area contributed by atoms with Gasteiger partial charge in [0.25, 0.3) is 5.79 Å². The summed E-state index contributed by atoms with van der Waals surface area (Å²) in [6, 6.07) is 1.20. The van der Waals surface area contributed by atoms with E-state index in [0.29, 0.717) is 0 Å². The SMILES string of the molecule is CC(=O)OC[C@@H](O)[C@@H](O)[C@@H]1O[C@](OP(=O)(O)OC[C@H]2O[C@@H](n3ccc(N)nc3=O)[C@H](O)[C@@H]2O)(C(=O)O)C[C@H](O)[C@H]1O. The summed E-state index contributed by atoms with van der Waals surface area (Å²) in [5, 5.41) is 71.2. The number of aliphatic carboxylic acids is 1. The Balaban J connectivity index is 1.73. The fraction of sp³-hybridized carbons (Fsp3) is 0.700. The molecule has 0 amide bonds. The molecule has 0 aromatic carbocycles. The Morgan fingerprint density at radius 1 is 1.24 bits per heavy atom. The van der Waals surface area contributed by atoms with Crippen LogP contribution in [0.5, 0.6) is 0 Å². The Labute approximate surface area is 229 Å². The maximum absolute atomic E-state index is 12.7. The number of rotatable bonds is 11. The van der Waals surface area contributed by atoms with Crippen molar-refractivity contribution < 1.29 is 78.1 Å². The predicted molar refractivity (Wildman–Crippen MR) is 126 cm³/mol. The first kappa shape index (κ1) is 32.9. The summed E-state index contributed by atoms with van der Waals surface area (Å²) >= 11 is 0. The first-order chi connectivity index (χ1) is 19.0. The van der Waals surface area contributed by atoms with Crippen LogP contribution >= 0.6 is 7.82 Å². The van der Waals surface area contributed by atoms with Gasteiger partial charge in [0, 0.05) is 19.5 Å². The number of nitrogens with two attached hydrogens (primary N) is 1. The van der Waals surface area contributed by atoms with Gasteiger partial charge in [-0.3, -0.25) is 13.9 Å². The lowest BCUT2D eigenvalue weighted by atomic mass is 9.91. The van der Waals surface area contributed by atoms with Crippen molar-refractivity contribution in [2.45, 2.75) is 74.2 Å². The van der Waals surface area contributed by atoms with Gasteiger partial charge in [0.1, 0.15) is 55.2 Å². The molecule has 11 atom stereocenters. The van der Waals surface area contributed by atoms with E-state index in [0.717, 1.165) is 17.7 Å². The molecule has 3 rings (SSSR count). The summed E-state index contributed by atoms with van der Waals surface area (Å²) in [6.45, 7) is -0.854. The van der Waals surface area contributed by atoms with Gasteiger partial charge in [-0.2, -0.15) is 4.98 Å². The number of phosphoric acid groups is 1. The second-order valence-electron chi connectivity index (χ2n) is 9.21. The van der Waals surface area contributed by atoms with Gasteiger partial charge in [-0.1, -0.05) is 0 Å². The van der Waals surface area contributed by atoms with Gasteiger partial charge in [-0.15, -0.1) is 0 Å². The fourth-order valence-corrected chi connectivity index (χ4v) is 5.03. The van der Waals surface area contributed by atoms with Crippen molar-refractivity contribution in [3.63, 3.8) is 0 Å². The number of anilines is 1. The Kier molecular flexibility index (Phi) is 10.2. The highest BCUT2D eigenvalue weighted by atomic mass is 31.2. The molecule has 0 saturated carbocycles. The smallest absolute Gasteiger partial charge is 0.475 e. The molecule has 0 aliphatic carbocycles. The zero-order valence-electron chi connectivity index (χ0n) is 21.1. The zero-order valence-corrected chi connectivity index (χ0v) is 22.0. The molecule has 41 heavy (non-hydrogen) atoms. The summed E-state index contributed by atoms with van der Waals surface area (Å²) < 4.78 is 37.9. The van der Waals surface area contributed by atoms with E-state index in [4.69, 9.17) is 24.3 Å². The fourth-order valence-electron chi connectivity index (χ4n) is 4.08. The molecule has 3 heterocycles. The highest BCUT2D eigenvalue weighted by Crippen LogP contribution is 2.51. The van der Waals surface area contributed by atoms with Gasteiger partial charge in [-0.25, -0.2) is 18.7 Å². The molecule has 0 bridgehead atoms. The highest BCUT2D eigenvalue weighted by Gasteiger charge is 2.58. The van der Waals surface area contributed by atoms with Gasteiger partial charge >= 0.3 is 25.5 Å². The van der Waals surface area contributed by atoms with Crippen molar-refractivity contribution in [1.82, 2.24) is 9.55 Å². The molecule has 1 unspecified atom stereocenters. The molecule has 1 aromatic heterocycles. The number of carbonyl (C=O) groups excluding carboxylic acids is 1. The molecule has 0 radical (unpaired) electrons. The molecule has 0 spiro atoms. The number of phosphoric ester groups is 1. The van der Waals surface area contributed by atoms with Crippen LogP contribution in [0.3, 0.4) is 0 Å². The number of aromatic nitrogens is 2. The minimum Gasteiger partial charge on any atom is -0.477 e. The topological polar surface area (TPSA) is 320 Å². The molecule has 2 aliphatic rings. The van der Waals surface area contributed by atoms with Crippen molar-refractivity contribution in [3.8, 4) is 0 Å². The Hall–Kier alpha value is -2.59. The lowest BCUT2D eigenvalue weighted by Gasteiger charge is -2.44. The van der Waals surface area contributed by atoms with Crippen LogP contribution in [0.15, 0.2) is 17.1 Å². The first-order valence-corrected chi connectivity index (χ1v) is 13.3. The summed E-state index contributed by atoms with van der Waals surface area (Å²) in [7, 11) is -5.52. The monoisotopic (exact) mass is 615 g/mol. The van der Waals surface area contributed by atoms with Crippen LogP contribution in [0.2, 0.25) is 0 Å².